The number of aromatic amines is 1. The van der Waals surface area contributed by atoms with Crippen molar-refractivity contribution in [2.45, 2.75) is 0 Å². The fraction of sp³-hybridized carbons (Fsp3) is 0. The van der Waals surface area contributed by atoms with Crippen molar-refractivity contribution in [3.63, 3.8) is 0 Å². The lowest BCUT2D eigenvalue weighted by molar-refractivity contribution is 0.628. The second-order valence-corrected chi connectivity index (χ2v) is 3.82. The van der Waals surface area contributed by atoms with Gasteiger partial charge in [-0.1, -0.05) is 0 Å². The molecule has 19 heavy (non-hydrogen) atoms. The average molecular weight is 255 g/mol. The van der Waals surface area contributed by atoms with E-state index in [1.54, 1.807) is 0 Å². The molecule has 0 amide bonds. The normalized spacial score (nSPS) is 10.5. The van der Waals surface area contributed by atoms with Crippen molar-refractivity contribution < 1.29 is 4.39 Å². The van der Waals surface area contributed by atoms with Crippen molar-refractivity contribution in [1.82, 2.24) is 19.6 Å². The summed E-state index contributed by atoms with van der Waals surface area (Å²) in [5.41, 5.74) is 0.251. The molecule has 0 unspecified atom stereocenters. The van der Waals surface area contributed by atoms with E-state index in [1.165, 1.54) is 35.0 Å². The van der Waals surface area contributed by atoms with Crippen LogP contribution in [0, 0.1) is 17.1 Å². The van der Waals surface area contributed by atoms with Crippen LogP contribution in [-0.4, -0.2) is 19.6 Å². The minimum Gasteiger partial charge on any atom is -0.289 e. The Kier molecular flexibility index (Phi) is 2.35. The summed E-state index contributed by atoms with van der Waals surface area (Å²) >= 11 is 0. The van der Waals surface area contributed by atoms with E-state index in [9.17, 15) is 9.18 Å². The van der Waals surface area contributed by atoms with Crippen molar-refractivity contribution in [2.24, 2.45) is 0 Å². The van der Waals surface area contributed by atoms with Gasteiger partial charge in [-0.05, 0) is 24.3 Å². The van der Waals surface area contributed by atoms with E-state index in [4.69, 9.17) is 5.26 Å². The maximum Gasteiger partial charge on any atom is 0.270 e. The Labute approximate surface area is 105 Å². The first-order chi connectivity index (χ1) is 9.20. The first-order valence-corrected chi connectivity index (χ1v) is 5.33. The molecule has 0 atom stereocenters. The number of rotatable bonds is 1. The zero-order valence-corrected chi connectivity index (χ0v) is 9.46. The molecule has 92 valence electrons. The molecule has 6 nitrogen and oxygen atoms in total. The number of halogens is 1. The first kappa shape index (κ1) is 11.1. The summed E-state index contributed by atoms with van der Waals surface area (Å²) < 4.78 is 14.4. The lowest BCUT2D eigenvalue weighted by Crippen LogP contribution is -2.15. The number of hydrogen-bond donors (Lipinski definition) is 1. The Balaban J connectivity index is 2.44. The fourth-order valence-electron chi connectivity index (χ4n) is 1.87. The van der Waals surface area contributed by atoms with Crippen LogP contribution in [0.3, 0.4) is 0 Å². The third-order valence-corrected chi connectivity index (χ3v) is 2.71. The third kappa shape index (κ3) is 1.66. The highest BCUT2D eigenvalue weighted by molar-refractivity contribution is 5.68. The minimum absolute atomic E-state index is 0.0705. The molecule has 0 bridgehead atoms. The van der Waals surface area contributed by atoms with E-state index in [0.29, 0.717) is 11.3 Å². The van der Waals surface area contributed by atoms with Crippen LogP contribution in [0.4, 0.5) is 4.39 Å². The van der Waals surface area contributed by atoms with Gasteiger partial charge in [-0.25, -0.2) is 4.39 Å². The van der Waals surface area contributed by atoms with Gasteiger partial charge in [-0.2, -0.15) is 5.26 Å². The van der Waals surface area contributed by atoms with Gasteiger partial charge in [0.2, 0.25) is 5.78 Å². The molecule has 0 spiro atoms. The van der Waals surface area contributed by atoms with E-state index >= 15 is 0 Å². The van der Waals surface area contributed by atoms with Gasteiger partial charge >= 0.3 is 0 Å². The molecule has 7 heteroatoms. The number of nitriles is 1. The van der Waals surface area contributed by atoms with Crippen LogP contribution in [0.1, 0.15) is 5.56 Å². The van der Waals surface area contributed by atoms with Gasteiger partial charge in [0.05, 0.1) is 5.69 Å². The minimum atomic E-state index is -0.553. The number of nitrogens with one attached hydrogen (secondary N) is 1. The quantitative estimate of drug-likeness (QED) is 0.705. The second-order valence-electron chi connectivity index (χ2n) is 3.82. The Morgan fingerprint density at radius 1 is 1.32 bits per heavy atom. The highest BCUT2D eigenvalue weighted by Gasteiger charge is 2.15. The molecule has 0 aliphatic rings. The summed E-state index contributed by atoms with van der Waals surface area (Å²) in [7, 11) is 0. The van der Waals surface area contributed by atoms with E-state index < -0.39 is 11.4 Å². The third-order valence-electron chi connectivity index (χ3n) is 2.71. The number of nitrogens with zero attached hydrogens (tertiary/aromatic N) is 4. The topological polar surface area (TPSA) is 86.8 Å². The van der Waals surface area contributed by atoms with E-state index in [1.807, 2.05) is 6.07 Å². The predicted octanol–water partition coefficient (Wildman–Crippen LogP) is 1.10. The van der Waals surface area contributed by atoms with Crippen LogP contribution in [0.25, 0.3) is 17.0 Å². The highest BCUT2D eigenvalue weighted by Crippen LogP contribution is 2.21. The SMILES string of the molecule is N#Cc1c(-c2ccc(F)cc2)n2cnnc2[nH]c1=O. The van der Waals surface area contributed by atoms with Gasteiger partial charge in [-0.3, -0.25) is 14.2 Å². The summed E-state index contributed by atoms with van der Waals surface area (Å²) in [6.45, 7) is 0. The molecule has 0 radical (unpaired) electrons. The molecule has 3 aromatic rings. The van der Waals surface area contributed by atoms with Crippen LogP contribution < -0.4 is 5.56 Å². The molecule has 2 heterocycles. The van der Waals surface area contributed by atoms with Gasteiger partial charge in [-0.15, -0.1) is 10.2 Å². The number of fused-ring (bicyclic) bond motifs is 1. The maximum absolute atomic E-state index is 13.0. The molecule has 0 saturated carbocycles. The largest absolute Gasteiger partial charge is 0.289 e. The predicted molar refractivity (Wildman–Crippen MR) is 63.7 cm³/mol. The number of hydrogen-bond acceptors (Lipinski definition) is 4. The monoisotopic (exact) mass is 255 g/mol. The Morgan fingerprint density at radius 2 is 2.05 bits per heavy atom. The number of benzene rings is 1. The molecule has 1 aromatic carbocycles. The molecular formula is C12H6FN5O. The Hall–Kier alpha value is -3.01. The number of aromatic nitrogens is 4. The van der Waals surface area contributed by atoms with Gasteiger partial charge in [0.1, 0.15) is 23.8 Å². The zero-order valence-electron chi connectivity index (χ0n) is 9.46. The molecule has 0 aliphatic carbocycles. The van der Waals surface area contributed by atoms with Crippen LogP contribution in [0.2, 0.25) is 0 Å². The molecule has 0 saturated heterocycles. The molecule has 1 N–H and O–H groups in total. The van der Waals surface area contributed by atoms with Crippen LogP contribution in [-0.2, 0) is 0 Å². The van der Waals surface area contributed by atoms with Crippen molar-refractivity contribution in [2.75, 3.05) is 0 Å². The molecule has 0 fully saturated rings. The smallest absolute Gasteiger partial charge is 0.270 e. The summed E-state index contributed by atoms with van der Waals surface area (Å²) in [6.07, 6.45) is 1.38. The van der Waals surface area contributed by atoms with Crippen LogP contribution >= 0.6 is 0 Å². The lowest BCUT2D eigenvalue weighted by Gasteiger charge is -2.06. The van der Waals surface area contributed by atoms with Crippen molar-refractivity contribution >= 4 is 5.78 Å². The highest BCUT2D eigenvalue weighted by atomic mass is 19.1. The molecular weight excluding hydrogens is 249 g/mol. The van der Waals surface area contributed by atoms with E-state index in [2.05, 4.69) is 15.2 Å². The van der Waals surface area contributed by atoms with Gasteiger partial charge < -0.3 is 0 Å². The summed E-state index contributed by atoms with van der Waals surface area (Å²) in [5.74, 6) is -0.171. The van der Waals surface area contributed by atoms with Crippen molar-refractivity contribution in [3.05, 3.63) is 52.3 Å². The standard InChI is InChI=1S/C12H6FN5O/c13-8-3-1-7(2-4-8)10-9(5-14)11(19)16-12-17-15-6-18(10)12/h1-4,6H,(H,16,17,19). The lowest BCUT2D eigenvalue weighted by atomic mass is 10.1. The van der Waals surface area contributed by atoms with Crippen LogP contribution in [0.15, 0.2) is 35.4 Å². The van der Waals surface area contributed by atoms with Gasteiger partial charge in [0.25, 0.3) is 5.56 Å². The second kappa shape index (κ2) is 4.03. The average Bonchev–Trinajstić information content (AvgIpc) is 2.86. The first-order valence-electron chi connectivity index (χ1n) is 5.33. The van der Waals surface area contributed by atoms with Crippen LogP contribution in [0.5, 0.6) is 0 Å². The zero-order chi connectivity index (χ0) is 13.4. The van der Waals surface area contributed by atoms with Crippen molar-refractivity contribution in [3.8, 4) is 17.3 Å². The summed E-state index contributed by atoms with van der Waals surface area (Å²) in [6, 6.07) is 7.34. The number of H-pyrrole nitrogens is 1. The van der Waals surface area contributed by atoms with Crippen molar-refractivity contribution in [1.29, 1.82) is 5.26 Å². The summed E-state index contributed by atoms with van der Waals surface area (Å²) in [4.78, 5) is 14.2. The summed E-state index contributed by atoms with van der Waals surface area (Å²) in [5, 5.41) is 16.5. The molecule has 0 aliphatic heterocycles. The van der Waals surface area contributed by atoms with E-state index in [-0.39, 0.29) is 11.3 Å². The maximum atomic E-state index is 13.0. The Morgan fingerprint density at radius 3 is 2.74 bits per heavy atom. The Bertz CT molecular complexity index is 856. The van der Waals surface area contributed by atoms with Gasteiger partial charge in [0, 0.05) is 5.56 Å². The molecule has 2 aromatic heterocycles. The van der Waals surface area contributed by atoms with Gasteiger partial charge in [0.15, 0.2) is 0 Å². The van der Waals surface area contributed by atoms with E-state index in [0.717, 1.165) is 0 Å². The fourth-order valence-corrected chi connectivity index (χ4v) is 1.87. The molecule has 3 rings (SSSR count).